The second-order valence-corrected chi connectivity index (χ2v) is 5.89. The highest BCUT2D eigenvalue weighted by atomic mass is 16.5. The Labute approximate surface area is 147 Å². The fraction of sp³-hybridized carbons (Fsp3) is 0.421. The van der Waals surface area contributed by atoms with Gasteiger partial charge in [-0.25, -0.2) is 4.79 Å². The smallest absolute Gasteiger partial charge is 0.340 e. The Morgan fingerprint density at radius 1 is 1.28 bits per heavy atom. The highest BCUT2D eigenvalue weighted by Gasteiger charge is 2.17. The van der Waals surface area contributed by atoms with Gasteiger partial charge in [0, 0.05) is 12.2 Å². The lowest BCUT2D eigenvalue weighted by atomic mass is 9.96. The fourth-order valence-electron chi connectivity index (χ4n) is 2.79. The first kappa shape index (κ1) is 18.5. The minimum atomic E-state index is -0.553. The van der Waals surface area contributed by atoms with Gasteiger partial charge in [-0.05, 0) is 31.9 Å². The number of esters is 1. The van der Waals surface area contributed by atoms with E-state index in [0.29, 0.717) is 11.7 Å². The van der Waals surface area contributed by atoms with Crippen LogP contribution in [-0.2, 0) is 9.53 Å². The van der Waals surface area contributed by atoms with Crippen LogP contribution in [0.5, 0.6) is 0 Å². The molecule has 1 aliphatic carbocycles. The summed E-state index contributed by atoms with van der Waals surface area (Å²) in [6, 6.07) is 8.78. The number of carbonyl (C=O) groups excluding carboxylic acids is 2. The number of nitriles is 1. The fourth-order valence-corrected chi connectivity index (χ4v) is 2.79. The van der Waals surface area contributed by atoms with E-state index in [4.69, 9.17) is 4.74 Å². The lowest BCUT2D eigenvalue weighted by Crippen LogP contribution is -2.28. The predicted molar refractivity (Wildman–Crippen MR) is 94.7 cm³/mol. The maximum absolute atomic E-state index is 12.4. The Kier molecular flexibility index (Phi) is 7.02. The zero-order chi connectivity index (χ0) is 18.1. The Morgan fingerprint density at radius 3 is 2.68 bits per heavy atom. The van der Waals surface area contributed by atoms with Crippen LogP contribution < -0.4 is 10.6 Å². The first-order valence-corrected chi connectivity index (χ1v) is 8.59. The van der Waals surface area contributed by atoms with Crippen LogP contribution in [-0.4, -0.2) is 24.5 Å². The maximum Gasteiger partial charge on any atom is 0.340 e. The molecule has 0 radical (unpaired) electrons. The van der Waals surface area contributed by atoms with Gasteiger partial charge in [0.15, 0.2) is 0 Å². The lowest BCUT2D eigenvalue weighted by Gasteiger charge is -2.21. The van der Waals surface area contributed by atoms with Gasteiger partial charge < -0.3 is 15.4 Å². The highest BCUT2D eigenvalue weighted by molar-refractivity contribution is 6.09. The van der Waals surface area contributed by atoms with Crippen LogP contribution in [0.3, 0.4) is 0 Å². The second-order valence-electron chi connectivity index (χ2n) is 5.89. The largest absolute Gasteiger partial charge is 0.462 e. The number of hydrogen-bond donors (Lipinski definition) is 2. The molecule has 132 valence electrons. The van der Waals surface area contributed by atoms with Crippen LogP contribution in [0.25, 0.3) is 0 Å². The Hall–Kier alpha value is -2.81. The molecule has 0 bridgehead atoms. The van der Waals surface area contributed by atoms with Crippen LogP contribution in [0.2, 0.25) is 0 Å². The van der Waals surface area contributed by atoms with Crippen LogP contribution in [0.4, 0.5) is 5.69 Å². The number of nitrogens with one attached hydrogen (secondary N) is 2. The Bertz CT molecular complexity index is 685. The second kappa shape index (κ2) is 9.48. The molecule has 6 nitrogen and oxygen atoms in total. The molecule has 0 heterocycles. The minimum Gasteiger partial charge on any atom is -0.462 e. The van der Waals surface area contributed by atoms with Gasteiger partial charge in [-0.2, -0.15) is 5.26 Å². The third-order valence-corrected chi connectivity index (χ3v) is 4.10. The van der Waals surface area contributed by atoms with Gasteiger partial charge in [-0.15, -0.1) is 0 Å². The van der Waals surface area contributed by atoms with Gasteiger partial charge in [-0.3, -0.25) is 4.79 Å². The zero-order valence-electron chi connectivity index (χ0n) is 14.4. The number of amides is 1. The Morgan fingerprint density at radius 2 is 2.00 bits per heavy atom. The number of rotatable bonds is 6. The van der Waals surface area contributed by atoms with Crippen molar-refractivity contribution in [3.05, 3.63) is 41.6 Å². The minimum absolute atomic E-state index is 0.0239. The van der Waals surface area contributed by atoms with Gasteiger partial charge in [0.1, 0.15) is 11.6 Å². The number of hydrogen-bond acceptors (Lipinski definition) is 5. The molecule has 1 aromatic rings. The van der Waals surface area contributed by atoms with Crippen molar-refractivity contribution in [2.24, 2.45) is 0 Å². The predicted octanol–water partition coefficient (Wildman–Crippen LogP) is 3.13. The molecule has 0 aliphatic heterocycles. The van der Waals surface area contributed by atoms with Crippen molar-refractivity contribution < 1.29 is 14.3 Å². The molecule has 1 saturated carbocycles. The Balaban J connectivity index is 2.06. The standard InChI is InChI=1S/C19H23N3O3/c1-2-25-19(24)16-10-6-7-11-17(16)22-18(23)14(12-20)13-21-15-8-4-3-5-9-15/h6-7,10-11,13,15,21H,2-5,8-9H2,1H3,(H,22,23)/b14-13-. The molecule has 1 fully saturated rings. The van der Waals surface area contributed by atoms with Crippen molar-refractivity contribution in [2.45, 2.75) is 45.1 Å². The van der Waals surface area contributed by atoms with Crippen molar-refractivity contribution in [1.82, 2.24) is 5.32 Å². The summed E-state index contributed by atoms with van der Waals surface area (Å²) in [6.45, 7) is 1.96. The highest BCUT2D eigenvalue weighted by Crippen LogP contribution is 2.19. The summed E-state index contributed by atoms with van der Waals surface area (Å²) in [6.07, 6.45) is 7.11. The first-order valence-electron chi connectivity index (χ1n) is 8.59. The maximum atomic E-state index is 12.4. The zero-order valence-corrected chi connectivity index (χ0v) is 14.4. The first-order chi connectivity index (χ1) is 12.2. The summed E-state index contributed by atoms with van der Waals surface area (Å²) in [5.74, 6) is -1.07. The summed E-state index contributed by atoms with van der Waals surface area (Å²) in [4.78, 5) is 24.3. The van der Waals surface area contributed by atoms with Gasteiger partial charge in [0.05, 0.1) is 17.9 Å². The van der Waals surface area contributed by atoms with Gasteiger partial charge in [-0.1, -0.05) is 31.4 Å². The van der Waals surface area contributed by atoms with Crippen molar-refractivity contribution in [1.29, 1.82) is 5.26 Å². The van der Waals surface area contributed by atoms with E-state index in [2.05, 4.69) is 10.6 Å². The van der Waals surface area contributed by atoms with E-state index in [9.17, 15) is 14.9 Å². The number of ether oxygens (including phenoxy) is 1. The molecule has 6 heteroatoms. The molecule has 0 unspecified atom stereocenters. The molecule has 1 aliphatic rings. The van der Waals surface area contributed by atoms with Gasteiger partial charge in [0.25, 0.3) is 5.91 Å². The molecule has 1 amide bonds. The molecular weight excluding hydrogens is 318 g/mol. The summed E-state index contributed by atoms with van der Waals surface area (Å²) >= 11 is 0. The number of anilines is 1. The van der Waals surface area contributed by atoms with Crippen molar-refractivity contribution in [3.63, 3.8) is 0 Å². The third kappa shape index (κ3) is 5.35. The van der Waals surface area contributed by atoms with E-state index >= 15 is 0 Å². The molecule has 2 N–H and O–H groups in total. The molecule has 0 atom stereocenters. The monoisotopic (exact) mass is 341 g/mol. The van der Waals surface area contributed by atoms with E-state index in [-0.39, 0.29) is 17.7 Å². The average molecular weight is 341 g/mol. The SMILES string of the molecule is CCOC(=O)c1ccccc1NC(=O)/C(C#N)=C\NC1CCCCC1. The molecule has 1 aromatic carbocycles. The van der Waals surface area contributed by atoms with Gasteiger partial charge in [0.2, 0.25) is 0 Å². The number of nitrogens with zero attached hydrogens (tertiary/aromatic N) is 1. The average Bonchev–Trinajstić information content (AvgIpc) is 2.63. The number of benzene rings is 1. The molecular formula is C19H23N3O3. The van der Waals surface area contributed by atoms with Crippen LogP contribution >= 0.6 is 0 Å². The van der Waals surface area contributed by atoms with Crippen LogP contribution in [0.1, 0.15) is 49.4 Å². The molecule has 2 rings (SSSR count). The van der Waals surface area contributed by atoms with E-state index in [1.54, 1.807) is 31.2 Å². The molecule has 25 heavy (non-hydrogen) atoms. The van der Waals surface area contributed by atoms with Crippen molar-refractivity contribution in [2.75, 3.05) is 11.9 Å². The third-order valence-electron chi connectivity index (χ3n) is 4.10. The topological polar surface area (TPSA) is 91.2 Å². The number of carbonyl (C=O) groups is 2. The van der Waals surface area contributed by atoms with Crippen molar-refractivity contribution >= 4 is 17.6 Å². The van der Waals surface area contributed by atoms with Crippen molar-refractivity contribution in [3.8, 4) is 6.07 Å². The summed E-state index contributed by atoms with van der Waals surface area (Å²) in [5, 5.41) is 15.0. The molecule has 0 spiro atoms. The van der Waals surface area contributed by atoms with E-state index in [0.717, 1.165) is 25.7 Å². The molecule has 0 aromatic heterocycles. The quantitative estimate of drug-likeness (QED) is 0.471. The molecule has 0 saturated heterocycles. The summed E-state index contributed by atoms with van der Waals surface area (Å²) in [7, 11) is 0. The number of para-hydroxylation sites is 1. The van der Waals surface area contributed by atoms with E-state index in [1.807, 2.05) is 6.07 Å². The van der Waals surface area contributed by atoms with Gasteiger partial charge >= 0.3 is 5.97 Å². The normalized spacial score (nSPS) is 15.1. The summed E-state index contributed by atoms with van der Waals surface area (Å²) < 4.78 is 4.98. The van der Waals surface area contributed by atoms with E-state index < -0.39 is 11.9 Å². The summed E-state index contributed by atoms with van der Waals surface area (Å²) in [5.41, 5.74) is 0.559. The van der Waals surface area contributed by atoms with Crippen LogP contribution in [0.15, 0.2) is 36.0 Å². The van der Waals surface area contributed by atoms with Crippen LogP contribution in [0, 0.1) is 11.3 Å². The lowest BCUT2D eigenvalue weighted by molar-refractivity contribution is -0.112. The van der Waals surface area contributed by atoms with E-state index in [1.165, 1.54) is 12.6 Å².